The number of aromatic carboxylic acids is 1. The third-order valence-electron chi connectivity index (χ3n) is 1.39. The Kier molecular flexibility index (Phi) is 1.82. The molecule has 2 N–H and O–H groups in total. The van der Waals surface area contributed by atoms with E-state index in [1.165, 1.54) is 6.92 Å². The Labute approximate surface area is 65.9 Å². The second kappa shape index (κ2) is 2.65. The molecule has 0 saturated heterocycles. The molecule has 0 aliphatic heterocycles. The molecule has 12 heavy (non-hydrogen) atoms. The maximum atomic E-state index is 10.8. The van der Waals surface area contributed by atoms with Crippen LogP contribution in [0.4, 0.5) is 0 Å². The van der Waals surface area contributed by atoms with Crippen LogP contribution in [0.3, 0.4) is 0 Å². The summed E-state index contributed by atoms with van der Waals surface area (Å²) in [6, 6.07) is 0. The second-order valence-electron chi connectivity index (χ2n) is 2.20. The lowest BCUT2D eigenvalue weighted by Crippen LogP contribution is -2.33. The Morgan fingerprint density at radius 2 is 1.92 bits per heavy atom. The maximum Gasteiger partial charge on any atom is 0.326 e. The van der Waals surface area contributed by atoms with Gasteiger partial charge in [-0.15, -0.1) is 0 Å². The number of nitrogens with one attached hydrogen (secondary N) is 2. The smallest absolute Gasteiger partial charge is 0.326 e. The highest BCUT2D eigenvalue weighted by atomic mass is 16.4. The molecule has 0 bridgehead atoms. The molecule has 0 spiro atoms. The predicted octanol–water partition coefficient (Wildman–Crippen LogP) is -2.26. The van der Waals surface area contributed by atoms with Crippen molar-refractivity contribution in [3.05, 3.63) is 32.1 Å². The highest BCUT2D eigenvalue weighted by Crippen LogP contribution is 1.90. The third kappa shape index (κ3) is 1.26. The van der Waals surface area contributed by atoms with E-state index < -0.39 is 22.9 Å². The molecule has 0 fully saturated rings. The van der Waals surface area contributed by atoms with Gasteiger partial charge in [-0.2, -0.15) is 0 Å². The van der Waals surface area contributed by atoms with Crippen LogP contribution in [0.5, 0.6) is 0 Å². The van der Waals surface area contributed by atoms with E-state index in [-0.39, 0.29) is 5.56 Å². The Balaban J connectivity index is 3.59. The number of hydrogen-bond donors (Lipinski definition) is 2. The summed E-state index contributed by atoms with van der Waals surface area (Å²) in [5.74, 6) is -1.57. The van der Waals surface area contributed by atoms with Crippen LogP contribution in [0.15, 0.2) is 9.59 Å². The van der Waals surface area contributed by atoms with E-state index in [0.29, 0.717) is 0 Å². The summed E-state index contributed by atoms with van der Waals surface area (Å²) in [6.07, 6.45) is 0. The zero-order valence-electron chi connectivity index (χ0n) is 6.13. The van der Waals surface area contributed by atoms with E-state index in [4.69, 9.17) is 0 Å². The summed E-state index contributed by atoms with van der Waals surface area (Å²) in [7, 11) is 0. The van der Waals surface area contributed by atoms with Crippen LogP contribution in [0, 0.1) is 6.92 Å². The molecular weight excluding hydrogens is 164 g/mol. The Morgan fingerprint density at radius 3 is 2.42 bits per heavy atom. The van der Waals surface area contributed by atoms with Crippen molar-refractivity contribution >= 4 is 5.97 Å². The first-order valence-corrected chi connectivity index (χ1v) is 3.07. The van der Waals surface area contributed by atoms with Gasteiger partial charge in [-0.05, 0) is 6.92 Å². The summed E-state index contributed by atoms with van der Waals surface area (Å²) >= 11 is 0. The number of carboxylic acid groups (broad SMARTS) is 1. The van der Waals surface area contributed by atoms with Gasteiger partial charge < -0.3 is 14.9 Å². The van der Waals surface area contributed by atoms with Crippen LogP contribution < -0.4 is 16.4 Å². The molecule has 0 saturated carbocycles. The van der Waals surface area contributed by atoms with Gasteiger partial charge in [0.05, 0.1) is 11.7 Å². The standard InChI is InChI=1S/C6H6N2O4/c1-2-3(5(10)11)7-6(12)8-4(2)9/h1H3,(H,10,11)(H2,7,8,9,12)/p-1. The largest absolute Gasteiger partial charge is 0.543 e. The summed E-state index contributed by atoms with van der Waals surface area (Å²) in [4.78, 5) is 35.5. The lowest BCUT2D eigenvalue weighted by molar-refractivity contribution is -0.255. The van der Waals surface area contributed by atoms with Crippen molar-refractivity contribution in [2.45, 2.75) is 6.92 Å². The van der Waals surface area contributed by atoms with Crippen molar-refractivity contribution in [3.63, 3.8) is 0 Å². The fourth-order valence-electron chi connectivity index (χ4n) is 0.753. The SMILES string of the molecule is Cc1c(C(=O)[O-])[nH]c(=O)[nH]c1=O. The summed E-state index contributed by atoms with van der Waals surface area (Å²) in [5, 5.41) is 10.3. The number of aromatic amines is 2. The summed E-state index contributed by atoms with van der Waals surface area (Å²) in [6.45, 7) is 1.28. The molecule has 0 unspecified atom stereocenters. The molecule has 0 aliphatic carbocycles. The van der Waals surface area contributed by atoms with Gasteiger partial charge >= 0.3 is 5.69 Å². The number of carboxylic acids is 1. The minimum Gasteiger partial charge on any atom is -0.543 e. The highest BCUT2D eigenvalue weighted by Gasteiger charge is 2.03. The molecule has 0 aromatic carbocycles. The molecule has 64 valence electrons. The Hall–Kier alpha value is -1.85. The van der Waals surface area contributed by atoms with Gasteiger partial charge in [0.25, 0.3) is 5.56 Å². The molecule has 6 heteroatoms. The van der Waals surface area contributed by atoms with Crippen LogP contribution in [0.1, 0.15) is 16.1 Å². The number of carbonyl (C=O) groups excluding carboxylic acids is 1. The molecule has 1 rings (SSSR count). The van der Waals surface area contributed by atoms with E-state index in [1.54, 1.807) is 0 Å². The van der Waals surface area contributed by atoms with E-state index in [2.05, 4.69) is 0 Å². The quantitative estimate of drug-likeness (QED) is 0.494. The van der Waals surface area contributed by atoms with Crippen LogP contribution in [0.2, 0.25) is 0 Å². The monoisotopic (exact) mass is 169 g/mol. The van der Waals surface area contributed by atoms with Gasteiger partial charge in [-0.25, -0.2) is 4.79 Å². The van der Waals surface area contributed by atoms with Crippen molar-refractivity contribution in [3.8, 4) is 0 Å². The first kappa shape index (κ1) is 8.25. The fourth-order valence-corrected chi connectivity index (χ4v) is 0.753. The number of hydrogen-bond acceptors (Lipinski definition) is 4. The van der Waals surface area contributed by atoms with Crippen molar-refractivity contribution in [1.82, 2.24) is 9.97 Å². The summed E-state index contributed by atoms with van der Waals surface area (Å²) < 4.78 is 0. The van der Waals surface area contributed by atoms with Gasteiger partial charge in [-0.3, -0.25) is 9.78 Å². The van der Waals surface area contributed by atoms with Gasteiger partial charge in [0.2, 0.25) is 0 Å². The molecule has 0 radical (unpaired) electrons. The van der Waals surface area contributed by atoms with E-state index in [1.807, 2.05) is 9.97 Å². The first-order chi connectivity index (χ1) is 5.52. The number of aromatic nitrogens is 2. The fraction of sp³-hybridized carbons (Fsp3) is 0.167. The number of H-pyrrole nitrogens is 2. The molecule has 0 atom stereocenters. The van der Waals surface area contributed by atoms with Crippen molar-refractivity contribution in [2.75, 3.05) is 0 Å². The third-order valence-corrected chi connectivity index (χ3v) is 1.39. The number of rotatable bonds is 1. The van der Waals surface area contributed by atoms with Crippen molar-refractivity contribution < 1.29 is 9.90 Å². The minimum atomic E-state index is -1.57. The number of carbonyl (C=O) groups is 1. The normalized spacial score (nSPS) is 9.75. The second-order valence-corrected chi connectivity index (χ2v) is 2.20. The average molecular weight is 169 g/mol. The van der Waals surface area contributed by atoms with Crippen LogP contribution >= 0.6 is 0 Å². The maximum absolute atomic E-state index is 10.8. The topological polar surface area (TPSA) is 106 Å². The van der Waals surface area contributed by atoms with Gasteiger partial charge in [0.15, 0.2) is 0 Å². The first-order valence-electron chi connectivity index (χ1n) is 3.07. The zero-order valence-corrected chi connectivity index (χ0v) is 6.13. The predicted molar refractivity (Wildman–Crippen MR) is 36.8 cm³/mol. The van der Waals surface area contributed by atoms with Gasteiger partial charge in [0, 0.05) is 5.56 Å². The van der Waals surface area contributed by atoms with E-state index in [9.17, 15) is 19.5 Å². The van der Waals surface area contributed by atoms with Crippen LogP contribution in [-0.4, -0.2) is 15.9 Å². The Morgan fingerprint density at radius 1 is 1.33 bits per heavy atom. The van der Waals surface area contributed by atoms with Crippen molar-refractivity contribution in [2.24, 2.45) is 0 Å². The lowest BCUT2D eigenvalue weighted by Gasteiger charge is -2.03. The molecule has 1 aromatic heterocycles. The van der Waals surface area contributed by atoms with Crippen LogP contribution in [0.25, 0.3) is 0 Å². The Bertz CT molecular complexity index is 428. The molecule has 6 nitrogen and oxygen atoms in total. The van der Waals surface area contributed by atoms with Gasteiger partial charge in [-0.1, -0.05) is 0 Å². The molecule has 1 aromatic rings. The molecule has 0 aliphatic rings. The van der Waals surface area contributed by atoms with Crippen molar-refractivity contribution in [1.29, 1.82) is 0 Å². The van der Waals surface area contributed by atoms with Crippen LogP contribution in [-0.2, 0) is 0 Å². The summed E-state index contributed by atoms with van der Waals surface area (Å²) in [5.41, 5.74) is -2.14. The molecular formula is C6H5N2O4-. The molecule has 1 heterocycles. The van der Waals surface area contributed by atoms with Gasteiger partial charge in [0.1, 0.15) is 0 Å². The minimum absolute atomic E-state index is 0.0744. The highest BCUT2D eigenvalue weighted by molar-refractivity contribution is 5.84. The lowest BCUT2D eigenvalue weighted by atomic mass is 10.2. The molecule has 0 amide bonds. The zero-order chi connectivity index (χ0) is 9.30. The average Bonchev–Trinajstić information content (AvgIpc) is 1.96. The van der Waals surface area contributed by atoms with E-state index >= 15 is 0 Å². The van der Waals surface area contributed by atoms with E-state index in [0.717, 1.165) is 0 Å².